The van der Waals surface area contributed by atoms with Crippen LogP contribution in [0.4, 0.5) is 10.5 Å². The minimum atomic E-state index is -0.444. The number of hydrogen-bond donors (Lipinski definition) is 3. The monoisotopic (exact) mass is 314 g/mol. The molecule has 0 bridgehead atoms. The van der Waals surface area contributed by atoms with Gasteiger partial charge < -0.3 is 20.5 Å². The topological polar surface area (TPSA) is 70.6 Å². The van der Waals surface area contributed by atoms with Gasteiger partial charge in [0.25, 0.3) is 0 Å². The molecule has 2 aromatic carbocycles. The Bertz CT molecular complexity index is 644. The fourth-order valence-electron chi connectivity index (χ4n) is 2.29. The maximum atomic E-state index is 12.1. The van der Waals surface area contributed by atoms with Crippen LogP contribution in [0.15, 0.2) is 48.5 Å². The summed E-state index contributed by atoms with van der Waals surface area (Å²) in [6.07, 6.45) is 0. The molecule has 0 aromatic heterocycles. The molecule has 0 aliphatic carbocycles. The van der Waals surface area contributed by atoms with Crippen LogP contribution in [0.1, 0.15) is 24.1 Å². The lowest BCUT2D eigenvalue weighted by atomic mass is 10.1. The number of amides is 2. The van der Waals surface area contributed by atoms with Gasteiger partial charge in [-0.3, -0.25) is 0 Å². The summed E-state index contributed by atoms with van der Waals surface area (Å²) < 4.78 is 5.48. The van der Waals surface area contributed by atoms with Gasteiger partial charge in [0.1, 0.15) is 5.75 Å². The van der Waals surface area contributed by atoms with E-state index < -0.39 is 6.04 Å². The highest BCUT2D eigenvalue weighted by Gasteiger charge is 2.13. The third-order valence-corrected chi connectivity index (χ3v) is 3.42. The standard InChI is InChI=1S/C18H22N2O3/c1-3-23-17-10-9-15(11-13(17)2)19-18(22)20-16(12-21)14-7-5-4-6-8-14/h4-11,16,21H,3,12H2,1-2H3,(H2,19,20,22)/t16-/m1/s1. The van der Waals surface area contributed by atoms with Crippen LogP contribution in [-0.4, -0.2) is 24.4 Å². The molecule has 5 nitrogen and oxygen atoms in total. The Hall–Kier alpha value is -2.53. The van der Waals surface area contributed by atoms with Crippen LogP contribution in [0.5, 0.6) is 5.75 Å². The molecule has 2 amide bonds. The highest BCUT2D eigenvalue weighted by Crippen LogP contribution is 2.22. The predicted molar refractivity (Wildman–Crippen MR) is 90.8 cm³/mol. The molecular weight excluding hydrogens is 292 g/mol. The average Bonchev–Trinajstić information content (AvgIpc) is 2.56. The quantitative estimate of drug-likeness (QED) is 0.766. The van der Waals surface area contributed by atoms with Crippen LogP contribution >= 0.6 is 0 Å². The second-order valence-electron chi connectivity index (χ2n) is 5.16. The van der Waals surface area contributed by atoms with Crippen molar-refractivity contribution in [1.82, 2.24) is 5.32 Å². The maximum Gasteiger partial charge on any atom is 0.319 e. The zero-order chi connectivity index (χ0) is 16.7. The van der Waals surface area contributed by atoms with E-state index in [0.29, 0.717) is 12.3 Å². The fraction of sp³-hybridized carbons (Fsp3) is 0.278. The third kappa shape index (κ3) is 4.72. The Labute approximate surface area is 136 Å². The molecule has 0 saturated carbocycles. The van der Waals surface area contributed by atoms with Crippen LogP contribution < -0.4 is 15.4 Å². The van der Waals surface area contributed by atoms with Gasteiger partial charge in [0.15, 0.2) is 0 Å². The van der Waals surface area contributed by atoms with Crippen LogP contribution in [-0.2, 0) is 0 Å². The predicted octanol–water partition coefficient (Wildman–Crippen LogP) is 3.25. The van der Waals surface area contributed by atoms with E-state index >= 15 is 0 Å². The van der Waals surface area contributed by atoms with Crippen molar-refractivity contribution in [3.05, 3.63) is 59.7 Å². The van der Waals surface area contributed by atoms with E-state index in [2.05, 4.69) is 10.6 Å². The number of aryl methyl sites for hydroxylation is 1. The van der Waals surface area contributed by atoms with Crippen molar-refractivity contribution in [1.29, 1.82) is 0 Å². The van der Waals surface area contributed by atoms with Gasteiger partial charge in [-0.25, -0.2) is 4.79 Å². The Morgan fingerprint density at radius 2 is 1.96 bits per heavy atom. The van der Waals surface area contributed by atoms with E-state index in [0.717, 1.165) is 16.9 Å². The average molecular weight is 314 g/mol. The molecule has 2 rings (SSSR count). The van der Waals surface area contributed by atoms with Crippen molar-refractivity contribution in [2.24, 2.45) is 0 Å². The van der Waals surface area contributed by atoms with Crippen molar-refractivity contribution in [3.63, 3.8) is 0 Å². The van der Waals surface area contributed by atoms with E-state index in [1.807, 2.05) is 56.3 Å². The lowest BCUT2D eigenvalue weighted by molar-refractivity contribution is 0.225. The van der Waals surface area contributed by atoms with Crippen LogP contribution in [0.3, 0.4) is 0 Å². The third-order valence-electron chi connectivity index (χ3n) is 3.42. The highest BCUT2D eigenvalue weighted by atomic mass is 16.5. The number of carbonyl (C=O) groups is 1. The minimum Gasteiger partial charge on any atom is -0.494 e. The number of urea groups is 1. The molecule has 0 spiro atoms. The van der Waals surface area contributed by atoms with Crippen molar-refractivity contribution in [3.8, 4) is 5.75 Å². The van der Waals surface area contributed by atoms with E-state index in [-0.39, 0.29) is 12.6 Å². The number of hydrogen-bond acceptors (Lipinski definition) is 3. The van der Waals surface area contributed by atoms with E-state index in [1.165, 1.54) is 0 Å². The molecule has 5 heteroatoms. The summed E-state index contributed by atoms with van der Waals surface area (Å²) in [7, 11) is 0. The van der Waals surface area contributed by atoms with Crippen molar-refractivity contribution < 1.29 is 14.6 Å². The summed E-state index contributed by atoms with van der Waals surface area (Å²) in [6, 6.07) is 14.0. The largest absolute Gasteiger partial charge is 0.494 e. The van der Waals surface area contributed by atoms with Gasteiger partial charge in [-0.05, 0) is 43.2 Å². The number of anilines is 1. The summed E-state index contributed by atoms with van der Waals surface area (Å²) in [5, 5.41) is 15.0. The second-order valence-corrected chi connectivity index (χ2v) is 5.16. The van der Waals surface area contributed by atoms with Crippen molar-refractivity contribution in [2.45, 2.75) is 19.9 Å². The van der Waals surface area contributed by atoms with Crippen molar-refractivity contribution >= 4 is 11.7 Å². The first-order valence-corrected chi connectivity index (χ1v) is 7.60. The molecule has 0 radical (unpaired) electrons. The van der Waals surface area contributed by atoms with E-state index in [9.17, 15) is 9.90 Å². The first-order chi connectivity index (χ1) is 11.1. The zero-order valence-corrected chi connectivity index (χ0v) is 13.4. The number of ether oxygens (including phenoxy) is 1. The zero-order valence-electron chi connectivity index (χ0n) is 13.4. The Balaban J connectivity index is 2.00. The van der Waals surface area contributed by atoms with Crippen molar-refractivity contribution in [2.75, 3.05) is 18.5 Å². The molecule has 0 heterocycles. The first-order valence-electron chi connectivity index (χ1n) is 7.60. The highest BCUT2D eigenvalue weighted by molar-refractivity contribution is 5.89. The van der Waals surface area contributed by atoms with Gasteiger partial charge in [0.05, 0.1) is 19.3 Å². The molecule has 0 saturated heterocycles. The summed E-state index contributed by atoms with van der Waals surface area (Å²) >= 11 is 0. The fourth-order valence-corrected chi connectivity index (χ4v) is 2.29. The van der Waals surface area contributed by atoms with Crippen LogP contribution in [0.25, 0.3) is 0 Å². The van der Waals surface area contributed by atoms with E-state index in [4.69, 9.17) is 4.74 Å². The molecule has 0 fully saturated rings. The SMILES string of the molecule is CCOc1ccc(NC(=O)N[C@H](CO)c2ccccc2)cc1C. The number of aliphatic hydroxyl groups is 1. The molecule has 2 aromatic rings. The van der Waals surface area contributed by atoms with Gasteiger partial charge in [0, 0.05) is 5.69 Å². The van der Waals surface area contributed by atoms with Gasteiger partial charge in [-0.1, -0.05) is 30.3 Å². The lowest BCUT2D eigenvalue weighted by Crippen LogP contribution is -2.34. The minimum absolute atomic E-state index is 0.167. The Morgan fingerprint density at radius 3 is 2.57 bits per heavy atom. The normalized spacial score (nSPS) is 11.6. The number of benzene rings is 2. The molecule has 1 atom stereocenters. The summed E-state index contributed by atoms with van der Waals surface area (Å²) in [4.78, 5) is 12.1. The first kappa shape index (κ1) is 16.8. The van der Waals surface area contributed by atoms with Gasteiger partial charge in [0.2, 0.25) is 0 Å². The Morgan fingerprint density at radius 1 is 1.22 bits per heavy atom. The molecule has 122 valence electrons. The van der Waals surface area contributed by atoms with Gasteiger partial charge in [-0.15, -0.1) is 0 Å². The molecule has 3 N–H and O–H groups in total. The number of nitrogens with one attached hydrogen (secondary N) is 2. The number of rotatable bonds is 6. The van der Waals surface area contributed by atoms with Gasteiger partial charge >= 0.3 is 6.03 Å². The molecule has 0 unspecified atom stereocenters. The van der Waals surface area contributed by atoms with Crippen LogP contribution in [0, 0.1) is 6.92 Å². The lowest BCUT2D eigenvalue weighted by Gasteiger charge is -2.17. The smallest absolute Gasteiger partial charge is 0.319 e. The Kier molecular flexibility index (Phi) is 6.00. The van der Waals surface area contributed by atoms with Crippen LogP contribution in [0.2, 0.25) is 0 Å². The summed E-state index contributed by atoms with van der Waals surface area (Å²) in [5.41, 5.74) is 2.48. The van der Waals surface area contributed by atoms with E-state index in [1.54, 1.807) is 6.07 Å². The molecular formula is C18H22N2O3. The van der Waals surface area contributed by atoms with Gasteiger partial charge in [-0.2, -0.15) is 0 Å². The number of aliphatic hydroxyl groups excluding tert-OH is 1. The molecule has 0 aliphatic heterocycles. The molecule has 23 heavy (non-hydrogen) atoms. The number of carbonyl (C=O) groups excluding carboxylic acids is 1. The second kappa shape index (κ2) is 8.19. The maximum absolute atomic E-state index is 12.1. The summed E-state index contributed by atoms with van der Waals surface area (Å²) in [6.45, 7) is 4.29. The molecule has 0 aliphatic rings. The summed E-state index contributed by atoms with van der Waals surface area (Å²) in [5.74, 6) is 0.802.